The van der Waals surface area contributed by atoms with Crippen molar-refractivity contribution in [3.05, 3.63) is 82.7 Å². The highest BCUT2D eigenvalue weighted by atomic mass is 35.5. The van der Waals surface area contributed by atoms with Gasteiger partial charge in [-0.25, -0.2) is 4.98 Å². The molecule has 0 aliphatic heterocycles. The maximum absolute atomic E-state index is 12.9. The molecule has 0 radical (unpaired) electrons. The first-order valence-electron chi connectivity index (χ1n) is 10.7. The molecule has 0 atom stereocenters. The molecule has 4 aromatic rings. The van der Waals surface area contributed by atoms with Crippen molar-refractivity contribution in [3.63, 3.8) is 0 Å². The van der Waals surface area contributed by atoms with Gasteiger partial charge in [0.05, 0.1) is 25.7 Å². The van der Waals surface area contributed by atoms with Crippen LogP contribution in [0, 0.1) is 0 Å². The number of ether oxygens (including phenoxy) is 2. The normalized spacial score (nSPS) is 10.5. The summed E-state index contributed by atoms with van der Waals surface area (Å²) >= 11 is 8.65. The molecule has 10 heteroatoms. The third-order valence-electron chi connectivity index (χ3n) is 5.01. The van der Waals surface area contributed by atoms with Crippen molar-refractivity contribution < 1.29 is 19.1 Å². The van der Waals surface area contributed by atoms with Crippen LogP contribution in [0.1, 0.15) is 10.4 Å². The number of hydrogen-bond acceptors (Lipinski definition) is 7. The number of benzene rings is 3. The number of methoxy groups -OCH3 is 2. The minimum atomic E-state index is -0.357. The van der Waals surface area contributed by atoms with Crippen LogP contribution >= 0.6 is 34.7 Å². The van der Waals surface area contributed by atoms with Crippen molar-refractivity contribution in [3.8, 4) is 22.8 Å². The average Bonchev–Trinajstić information content (AvgIpc) is 3.35. The van der Waals surface area contributed by atoms with Crippen LogP contribution in [0.3, 0.4) is 0 Å². The molecule has 184 valence electrons. The van der Waals surface area contributed by atoms with E-state index in [1.54, 1.807) is 42.5 Å². The van der Waals surface area contributed by atoms with E-state index < -0.39 is 0 Å². The number of nitrogens with one attached hydrogen (secondary N) is 2. The van der Waals surface area contributed by atoms with Gasteiger partial charge in [0.25, 0.3) is 5.91 Å². The quantitative estimate of drug-likeness (QED) is 0.237. The topological polar surface area (TPSA) is 89.5 Å². The SMILES string of the molecule is COc1cccc(OC)c1C(=O)Nc1cccc(SCC(=O)Nc2nc(-c3ccc(Cl)cc3)cs2)c1. The second kappa shape index (κ2) is 11.9. The third-order valence-corrected chi connectivity index (χ3v) is 7.01. The molecule has 0 fully saturated rings. The van der Waals surface area contributed by atoms with Crippen molar-refractivity contribution in [2.75, 3.05) is 30.6 Å². The van der Waals surface area contributed by atoms with E-state index in [9.17, 15) is 9.59 Å². The van der Waals surface area contributed by atoms with Gasteiger partial charge in [-0.15, -0.1) is 23.1 Å². The Bertz CT molecular complexity index is 1350. The smallest absolute Gasteiger partial charge is 0.263 e. The van der Waals surface area contributed by atoms with Crippen LogP contribution in [-0.2, 0) is 4.79 Å². The lowest BCUT2D eigenvalue weighted by molar-refractivity contribution is -0.113. The Kier molecular flexibility index (Phi) is 8.48. The molecule has 0 saturated carbocycles. The first kappa shape index (κ1) is 25.6. The first-order chi connectivity index (χ1) is 17.5. The second-order valence-corrected chi connectivity index (χ2v) is 9.74. The largest absolute Gasteiger partial charge is 0.496 e. The van der Waals surface area contributed by atoms with E-state index in [1.807, 2.05) is 29.6 Å². The number of carbonyl (C=O) groups is 2. The summed E-state index contributed by atoms with van der Waals surface area (Å²) in [5.74, 6) is 0.480. The predicted molar refractivity (Wildman–Crippen MR) is 146 cm³/mol. The maximum Gasteiger partial charge on any atom is 0.263 e. The predicted octanol–water partition coefficient (Wildman–Crippen LogP) is 6.46. The number of thioether (sulfide) groups is 1. The molecule has 4 rings (SSSR count). The summed E-state index contributed by atoms with van der Waals surface area (Å²) in [6.07, 6.45) is 0. The highest BCUT2D eigenvalue weighted by Crippen LogP contribution is 2.30. The zero-order valence-corrected chi connectivity index (χ0v) is 21.8. The fourth-order valence-electron chi connectivity index (χ4n) is 3.32. The summed E-state index contributed by atoms with van der Waals surface area (Å²) < 4.78 is 10.6. The van der Waals surface area contributed by atoms with E-state index in [4.69, 9.17) is 21.1 Å². The lowest BCUT2D eigenvalue weighted by Crippen LogP contribution is -2.15. The van der Waals surface area contributed by atoms with Crippen LogP contribution in [0.5, 0.6) is 11.5 Å². The minimum absolute atomic E-state index is 0.176. The van der Waals surface area contributed by atoms with Gasteiger partial charge in [0.2, 0.25) is 5.91 Å². The lowest BCUT2D eigenvalue weighted by atomic mass is 10.1. The van der Waals surface area contributed by atoms with Crippen molar-refractivity contribution in [2.24, 2.45) is 0 Å². The van der Waals surface area contributed by atoms with E-state index in [0.717, 1.165) is 16.2 Å². The molecule has 1 aromatic heterocycles. The summed E-state index contributed by atoms with van der Waals surface area (Å²) in [7, 11) is 3.00. The number of hydrogen-bond donors (Lipinski definition) is 2. The summed E-state index contributed by atoms with van der Waals surface area (Å²) in [6.45, 7) is 0. The summed E-state index contributed by atoms with van der Waals surface area (Å²) in [5, 5.41) is 8.76. The van der Waals surface area contributed by atoms with Gasteiger partial charge in [-0.3, -0.25) is 9.59 Å². The number of halogens is 1. The Morgan fingerprint density at radius 1 is 0.972 bits per heavy atom. The molecular formula is C26H22ClN3O4S2. The molecule has 36 heavy (non-hydrogen) atoms. The van der Waals surface area contributed by atoms with Gasteiger partial charge < -0.3 is 20.1 Å². The Balaban J connectivity index is 1.35. The van der Waals surface area contributed by atoms with Crippen LogP contribution < -0.4 is 20.1 Å². The summed E-state index contributed by atoms with van der Waals surface area (Å²) in [4.78, 5) is 30.7. The fraction of sp³-hybridized carbons (Fsp3) is 0.115. The molecule has 0 saturated heterocycles. The van der Waals surface area contributed by atoms with E-state index in [0.29, 0.717) is 32.9 Å². The fourth-order valence-corrected chi connectivity index (χ4v) is 4.94. The van der Waals surface area contributed by atoms with Gasteiger partial charge in [-0.05, 0) is 42.5 Å². The first-order valence-corrected chi connectivity index (χ1v) is 13.0. The second-order valence-electron chi connectivity index (χ2n) is 7.40. The summed E-state index contributed by atoms with van der Waals surface area (Å²) in [6, 6.07) is 19.8. The highest BCUT2D eigenvalue weighted by Gasteiger charge is 2.18. The van der Waals surface area contributed by atoms with Crippen LogP contribution in [0.2, 0.25) is 5.02 Å². The Morgan fingerprint density at radius 2 is 1.67 bits per heavy atom. The van der Waals surface area contributed by atoms with E-state index in [-0.39, 0.29) is 17.6 Å². The number of amides is 2. The lowest BCUT2D eigenvalue weighted by Gasteiger charge is -2.13. The molecule has 0 aliphatic rings. The van der Waals surface area contributed by atoms with Crippen molar-refractivity contribution in [1.82, 2.24) is 4.98 Å². The monoisotopic (exact) mass is 539 g/mol. The molecule has 0 unspecified atom stereocenters. The number of nitrogens with zero attached hydrogens (tertiary/aromatic N) is 1. The standard InChI is InChI=1S/C26H22ClN3O4S2/c1-33-21-7-4-8-22(34-2)24(21)25(32)28-18-5-3-6-19(13-18)35-15-23(31)30-26-29-20(14-36-26)16-9-11-17(27)12-10-16/h3-14H,15H2,1-2H3,(H,28,32)(H,29,30,31). The molecule has 0 spiro atoms. The zero-order chi connectivity index (χ0) is 25.5. The van der Waals surface area contributed by atoms with E-state index >= 15 is 0 Å². The van der Waals surface area contributed by atoms with Gasteiger partial charge in [0, 0.05) is 26.5 Å². The third kappa shape index (κ3) is 6.37. The van der Waals surface area contributed by atoms with Crippen LogP contribution in [0.25, 0.3) is 11.3 Å². The van der Waals surface area contributed by atoms with Crippen LogP contribution in [0.4, 0.5) is 10.8 Å². The Labute approximate surface area is 221 Å². The minimum Gasteiger partial charge on any atom is -0.496 e. The van der Waals surface area contributed by atoms with E-state index in [1.165, 1.54) is 37.3 Å². The van der Waals surface area contributed by atoms with E-state index in [2.05, 4.69) is 15.6 Å². The number of carbonyl (C=O) groups excluding carboxylic acids is 2. The molecule has 2 N–H and O–H groups in total. The highest BCUT2D eigenvalue weighted by molar-refractivity contribution is 8.00. The molecular weight excluding hydrogens is 518 g/mol. The maximum atomic E-state index is 12.9. The van der Waals surface area contributed by atoms with Gasteiger partial charge in [-0.2, -0.15) is 0 Å². The van der Waals surface area contributed by atoms with Crippen LogP contribution in [0.15, 0.2) is 77.0 Å². The van der Waals surface area contributed by atoms with Gasteiger partial charge in [-0.1, -0.05) is 35.9 Å². The summed E-state index contributed by atoms with van der Waals surface area (Å²) in [5.41, 5.74) is 2.59. The number of rotatable bonds is 9. The average molecular weight is 540 g/mol. The zero-order valence-electron chi connectivity index (χ0n) is 19.4. The number of anilines is 2. The van der Waals surface area contributed by atoms with Crippen molar-refractivity contribution in [2.45, 2.75) is 4.90 Å². The Morgan fingerprint density at radius 3 is 2.36 bits per heavy atom. The molecule has 1 heterocycles. The molecule has 3 aromatic carbocycles. The molecule has 0 bridgehead atoms. The van der Waals surface area contributed by atoms with Gasteiger partial charge >= 0.3 is 0 Å². The van der Waals surface area contributed by atoms with Gasteiger partial charge in [0.15, 0.2) is 5.13 Å². The van der Waals surface area contributed by atoms with Crippen LogP contribution in [-0.4, -0.2) is 36.8 Å². The Hall–Kier alpha value is -3.53. The molecule has 7 nitrogen and oxygen atoms in total. The number of thiazole rings is 1. The van der Waals surface area contributed by atoms with Crippen molar-refractivity contribution >= 4 is 57.3 Å². The molecule has 2 amide bonds. The van der Waals surface area contributed by atoms with Crippen molar-refractivity contribution in [1.29, 1.82) is 0 Å². The number of aromatic nitrogens is 1. The molecule has 0 aliphatic carbocycles. The van der Waals surface area contributed by atoms with Gasteiger partial charge in [0.1, 0.15) is 17.1 Å².